The van der Waals surface area contributed by atoms with Crippen LogP contribution >= 0.6 is 11.6 Å². The molecule has 1 aromatic heterocycles. The third-order valence-electron chi connectivity index (χ3n) is 3.49. The summed E-state index contributed by atoms with van der Waals surface area (Å²) in [6.07, 6.45) is 2.06. The summed E-state index contributed by atoms with van der Waals surface area (Å²) in [5.41, 5.74) is 0. The summed E-state index contributed by atoms with van der Waals surface area (Å²) in [4.78, 5) is 20.1. The zero-order chi connectivity index (χ0) is 16.2. The van der Waals surface area contributed by atoms with Gasteiger partial charge in [0.2, 0.25) is 15.9 Å². The first-order valence-electron chi connectivity index (χ1n) is 7.00. The number of primary sulfonamides is 1. The lowest BCUT2D eigenvalue weighted by molar-refractivity contribution is -0.131. The van der Waals surface area contributed by atoms with Gasteiger partial charge in [-0.3, -0.25) is 4.79 Å². The smallest absolute Gasteiger partial charge is 0.222 e. The van der Waals surface area contributed by atoms with E-state index in [1.54, 1.807) is 17.2 Å². The molecule has 0 spiro atoms. The van der Waals surface area contributed by atoms with Crippen LogP contribution in [-0.2, 0) is 14.8 Å². The largest absolute Gasteiger partial charge is 0.353 e. The number of amides is 1. The summed E-state index contributed by atoms with van der Waals surface area (Å²) < 4.78 is 21.7. The molecule has 1 aliphatic heterocycles. The van der Waals surface area contributed by atoms with Crippen molar-refractivity contribution in [3.05, 3.63) is 23.4 Å². The average Bonchev–Trinajstić information content (AvgIpc) is 2.47. The Morgan fingerprint density at radius 2 is 1.95 bits per heavy atom. The van der Waals surface area contributed by atoms with Crippen LogP contribution < -0.4 is 10.0 Å². The van der Waals surface area contributed by atoms with E-state index >= 15 is 0 Å². The van der Waals surface area contributed by atoms with Gasteiger partial charge < -0.3 is 9.80 Å². The number of piperazine rings is 1. The maximum absolute atomic E-state index is 12.0. The lowest BCUT2D eigenvalue weighted by atomic mass is 10.2. The van der Waals surface area contributed by atoms with Crippen LogP contribution in [0.3, 0.4) is 0 Å². The zero-order valence-corrected chi connectivity index (χ0v) is 13.7. The van der Waals surface area contributed by atoms with E-state index in [1.807, 2.05) is 6.07 Å². The van der Waals surface area contributed by atoms with Gasteiger partial charge in [0.05, 0.1) is 10.8 Å². The molecule has 1 fully saturated rings. The molecule has 1 amide bonds. The average molecular weight is 347 g/mol. The van der Waals surface area contributed by atoms with E-state index in [2.05, 4.69) is 9.88 Å². The molecule has 9 heteroatoms. The van der Waals surface area contributed by atoms with Gasteiger partial charge >= 0.3 is 0 Å². The summed E-state index contributed by atoms with van der Waals surface area (Å²) in [6.45, 7) is 2.57. The minimum Gasteiger partial charge on any atom is -0.353 e. The van der Waals surface area contributed by atoms with Crippen molar-refractivity contribution in [2.45, 2.75) is 12.8 Å². The maximum atomic E-state index is 12.0. The molecule has 1 aromatic rings. The highest BCUT2D eigenvalue weighted by Gasteiger charge is 2.21. The number of hydrogen-bond donors (Lipinski definition) is 1. The lowest BCUT2D eigenvalue weighted by Crippen LogP contribution is -2.49. The molecule has 1 saturated heterocycles. The first-order valence-corrected chi connectivity index (χ1v) is 9.09. The highest BCUT2D eigenvalue weighted by Crippen LogP contribution is 2.16. The van der Waals surface area contributed by atoms with E-state index in [0.29, 0.717) is 31.2 Å². The van der Waals surface area contributed by atoms with E-state index in [4.69, 9.17) is 16.7 Å². The summed E-state index contributed by atoms with van der Waals surface area (Å²) >= 11 is 5.81. The topological polar surface area (TPSA) is 96.6 Å². The summed E-state index contributed by atoms with van der Waals surface area (Å²) in [5.74, 6) is 0.644. The second-order valence-electron chi connectivity index (χ2n) is 5.17. The minimum atomic E-state index is -3.50. The molecule has 0 aromatic carbocycles. The second-order valence-corrected chi connectivity index (χ2v) is 7.34. The van der Waals surface area contributed by atoms with Crippen LogP contribution in [0.15, 0.2) is 18.3 Å². The number of nitrogens with two attached hydrogens (primary N) is 1. The van der Waals surface area contributed by atoms with Crippen LogP contribution in [0.1, 0.15) is 12.8 Å². The van der Waals surface area contributed by atoms with Gasteiger partial charge in [-0.25, -0.2) is 18.5 Å². The highest BCUT2D eigenvalue weighted by molar-refractivity contribution is 7.89. The van der Waals surface area contributed by atoms with Crippen LogP contribution in [0, 0.1) is 0 Å². The molecule has 0 bridgehead atoms. The molecule has 0 radical (unpaired) electrons. The number of nitrogens with zero attached hydrogens (tertiary/aromatic N) is 3. The van der Waals surface area contributed by atoms with Crippen molar-refractivity contribution in [1.82, 2.24) is 9.88 Å². The minimum absolute atomic E-state index is 0.0348. The van der Waals surface area contributed by atoms with Crippen molar-refractivity contribution in [1.29, 1.82) is 0 Å². The monoisotopic (exact) mass is 346 g/mol. The van der Waals surface area contributed by atoms with Crippen LogP contribution in [0.4, 0.5) is 5.82 Å². The number of pyridine rings is 1. The van der Waals surface area contributed by atoms with Crippen molar-refractivity contribution in [3.8, 4) is 0 Å². The molecule has 2 N–H and O–H groups in total. The van der Waals surface area contributed by atoms with Crippen molar-refractivity contribution in [3.63, 3.8) is 0 Å². The molecule has 0 unspecified atom stereocenters. The SMILES string of the molecule is NS(=O)(=O)CCCC(=O)N1CCN(c2ccc(Cl)cn2)CC1. The molecule has 2 rings (SSSR count). The molecule has 0 saturated carbocycles. The van der Waals surface area contributed by atoms with Gasteiger partial charge in [-0.1, -0.05) is 11.6 Å². The predicted octanol–water partition coefficient (Wildman–Crippen LogP) is 0.452. The Morgan fingerprint density at radius 1 is 1.27 bits per heavy atom. The van der Waals surface area contributed by atoms with E-state index in [1.165, 1.54) is 0 Å². The fourth-order valence-electron chi connectivity index (χ4n) is 2.32. The van der Waals surface area contributed by atoms with Crippen molar-refractivity contribution < 1.29 is 13.2 Å². The normalized spacial score (nSPS) is 15.9. The van der Waals surface area contributed by atoms with Crippen molar-refractivity contribution >= 4 is 33.3 Å². The molecular weight excluding hydrogens is 328 g/mol. The summed E-state index contributed by atoms with van der Waals surface area (Å²) in [5, 5.41) is 5.51. The Kier molecular flexibility index (Phi) is 5.60. The van der Waals surface area contributed by atoms with Gasteiger partial charge in [0.25, 0.3) is 0 Å². The zero-order valence-electron chi connectivity index (χ0n) is 12.1. The number of rotatable bonds is 5. The number of aromatic nitrogens is 1. The Balaban J connectivity index is 1.79. The quantitative estimate of drug-likeness (QED) is 0.835. The van der Waals surface area contributed by atoms with Crippen molar-refractivity contribution in [2.75, 3.05) is 36.8 Å². The van der Waals surface area contributed by atoms with E-state index < -0.39 is 10.0 Å². The standard InChI is InChI=1S/C13H19ClN4O3S/c14-11-3-4-12(16-10-11)17-5-7-18(8-6-17)13(19)2-1-9-22(15,20)21/h3-4,10H,1-2,5-9H2,(H2,15,20,21). The van der Waals surface area contributed by atoms with E-state index in [9.17, 15) is 13.2 Å². The molecule has 22 heavy (non-hydrogen) atoms. The number of carbonyl (C=O) groups excluding carboxylic acids is 1. The van der Waals surface area contributed by atoms with Gasteiger partial charge in [0.15, 0.2) is 0 Å². The van der Waals surface area contributed by atoms with Gasteiger partial charge in [-0.05, 0) is 18.6 Å². The van der Waals surface area contributed by atoms with Crippen LogP contribution in [-0.4, -0.2) is 56.1 Å². The molecule has 1 aliphatic rings. The first kappa shape index (κ1) is 17.0. The second kappa shape index (κ2) is 7.26. The fraction of sp³-hybridized carbons (Fsp3) is 0.538. The van der Waals surface area contributed by atoms with Gasteiger partial charge in [0, 0.05) is 38.8 Å². The molecule has 7 nitrogen and oxygen atoms in total. The number of anilines is 1. The lowest BCUT2D eigenvalue weighted by Gasteiger charge is -2.35. The predicted molar refractivity (Wildman–Crippen MR) is 85.2 cm³/mol. The van der Waals surface area contributed by atoms with Crippen LogP contribution in [0.25, 0.3) is 0 Å². The Hall–Kier alpha value is -1.38. The van der Waals surface area contributed by atoms with E-state index in [0.717, 1.165) is 5.82 Å². The highest BCUT2D eigenvalue weighted by atomic mass is 35.5. The van der Waals surface area contributed by atoms with Gasteiger partial charge in [-0.15, -0.1) is 0 Å². The molecular formula is C13H19ClN4O3S. The van der Waals surface area contributed by atoms with Gasteiger partial charge in [0.1, 0.15) is 5.82 Å². The van der Waals surface area contributed by atoms with Crippen molar-refractivity contribution in [2.24, 2.45) is 5.14 Å². The molecule has 122 valence electrons. The summed E-state index contributed by atoms with van der Waals surface area (Å²) in [6, 6.07) is 3.64. The maximum Gasteiger partial charge on any atom is 0.222 e. The third-order valence-corrected chi connectivity index (χ3v) is 4.57. The molecule has 0 atom stereocenters. The Bertz CT molecular complexity index is 613. The summed E-state index contributed by atoms with van der Waals surface area (Å²) in [7, 11) is -3.50. The van der Waals surface area contributed by atoms with Crippen LogP contribution in [0.5, 0.6) is 0 Å². The Labute approximate surface area is 135 Å². The number of carbonyl (C=O) groups is 1. The van der Waals surface area contributed by atoms with Crippen LogP contribution in [0.2, 0.25) is 5.02 Å². The third kappa shape index (κ3) is 5.11. The molecule has 0 aliphatic carbocycles. The number of hydrogen-bond acceptors (Lipinski definition) is 5. The first-order chi connectivity index (χ1) is 10.3. The Morgan fingerprint density at radius 3 is 2.50 bits per heavy atom. The number of halogens is 1. The van der Waals surface area contributed by atoms with Gasteiger partial charge in [-0.2, -0.15) is 0 Å². The number of sulfonamides is 1. The fourth-order valence-corrected chi connectivity index (χ4v) is 2.98. The molecule has 2 heterocycles. The van der Waals surface area contributed by atoms with E-state index in [-0.39, 0.29) is 24.5 Å².